The van der Waals surface area contributed by atoms with Crippen LogP contribution in [0.3, 0.4) is 0 Å². The second-order valence-electron chi connectivity index (χ2n) is 5.42. The van der Waals surface area contributed by atoms with Gasteiger partial charge in [0.1, 0.15) is 15.7 Å². The van der Waals surface area contributed by atoms with Crippen molar-refractivity contribution in [3.8, 4) is 0 Å². The van der Waals surface area contributed by atoms with Crippen molar-refractivity contribution >= 4 is 32.5 Å². The molecule has 0 fully saturated rings. The number of H-pyrrole nitrogens is 1. The number of sulfone groups is 1. The maximum Gasteiger partial charge on any atom is 0.147 e. The topological polar surface area (TPSA) is 66.1 Å². The van der Waals surface area contributed by atoms with E-state index in [1.54, 1.807) is 0 Å². The van der Waals surface area contributed by atoms with Crippen LogP contribution in [0.15, 0.2) is 18.2 Å². The Hall–Kier alpha value is -1.11. The minimum absolute atomic E-state index is 0.0794. The second-order valence-corrected chi connectivity index (χ2v) is 8.12. The first kappa shape index (κ1) is 16.3. The fraction of sp³-hybridized carbons (Fsp3) is 0.500. The lowest BCUT2D eigenvalue weighted by atomic mass is 10.2. The Kier molecular flexibility index (Phi) is 4.91. The molecule has 0 amide bonds. The smallest absolute Gasteiger partial charge is 0.147 e. The lowest BCUT2D eigenvalue weighted by Crippen LogP contribution is -2.25. The molecular formula is C14H20ClN3O2S. The molecule has 2 rings (SSSR count). The van der Waals surface area contributed by atoms with Crippen molar-refractivity contribution < 1.29 is 8.42 Å². The number of fused-ring (bicyclic) bond motifs is 1. The summed E-state index contributed by atoms with van der Waals surface area (Å²) in [5.74, 6) is 1.06. The van der Waals surface area contributed by atoms with Crippen LogP contribution in [0.4, 0.5) is 0 Å². The van der Waals surface area contributed by atoms with E-state index in [0.29, 0.717) is 18.0 Å². The normalized spacial score (nSPS) is 14.0. The van der Waals surface area contributed by atoms with Gasteiger partial charge in [-0.25, -0.2) is 13.4 Å². The molecule has 7 heteroatoms. The summed E-state index contributed by atoms with van der Waals surface area (Å²) in [6.07, 6.45) is 1.88. The average Bonchev–Trinajstić information content (AvgIpc) is 2.78. The van der Waals surface area contributed by atoms with Crippen LogP contribution in [0.1, 0.15) is 25.2 Å². The number of hydrogen-bond acceptors (Lipinski definition) is 4. The van der Waals surface area contributed by atoms with E-state index in [4.69, 9.17) is 11.6 Å². The fourth-order valence-corrected chi connectivity index (χ4v) is 3.00. The zero-order chi connectivity index (χ0) is 15.6. The lowest BCUT2D eigenvalue weighted by Gasteiger charge is -2.22. The SMILES string of the molecule is C[C@H](c1nc2ccc(Cl)cc2[nH]1)N(C)CCCS(C)(=O)=O. The first-order chi connectivity index (χ1) is 9.76. The summed E-state index contributed by atoms with van der Waals surface area (Å²) in [5.41, 5.74) is 1.79. The number of rotatable bonds is 6. The Balaban J connectivity index is 2.05. The van der Waals surface area contributed by atoms with E-state index in [-0.39, 0.29) is 11.8 Å². The predicted molar refractivity (Wildman–Crippen MR) is 86.5 cm³/mol. The van der Waals surface area contributed by atoms with Gasteiger partial charge in [-0.15, -0.1) is 0 Å². The Morgan fingerprint density at radius 3 is 2.81 bits per heavy atom. The molecule has 0 bridgehead atoms. The van der Waals surface area contributed by atoms with Crippen molar-refractivity contribution in [3.63, 3.8) is 0 Å². The number of aromatic nitrogens is 2. The number of imidazole rings is 1. The Morgan fingerprint density at radius 1 is 1.43 bits per heavy atom. The van der Waals surface area contributed by atoms with E-state index >= 15 is 0 Å². The average molecular weight is 330 g/mol. The fourth-order valence-electron chi connectivity index (χ4n) is 2.18. The minimum Gasteiger partial charge on any atom is -0.341 e. The molecule has 116 valence electrons. The lowest BCUT2D eigenvalue weighted by molar-refractivity contribution is 0.254. The number of nitrogens with one attached hydrogen (secondary N) is 1. The molecule has 5 nitrogen and oxygen atoms in total. The van der Waals surface area contributed by atoms with Gasteiger partial charge in [0.2, 0.25) is 0 Å². The molecule has 0 saturated carbocycles. The molecule has 0 saturated heterocycles. The number of halogens is 1. The van der Waals surface area contributed by atoms with Gasteiger partial charge in [0, 0.05) is 11.3 Å². The van der Waals surface area contributed by atoms with Gasteiger partial charge in [0.05, 0.1) is 22.8 Å². The Bertz CT molecular complexity index is 727. The van der Waals surface area contributed by atoms with Crippen LogP contribution in [0, 0.1) is 0 Å². The second kappa shape index (κ2) is 6.34. The van der Waals surface area contributed by atoms with Gasteiger partial charge in [-0.05, 0) is 45.1 Å². The third-order valence-electron chi connectivity index (χ3n) is 3.55. The van der Waals surface area contributed by atoms with E-state index in [1.807, 2.05) is 32.2 Å². The van der Waals surface area contributed by atoms with Crippen LogP contribution in [-0.2, 0) is 9.84 Å². The van der Waals surface area contributed by atoms with Crippen molar-refractivity contribution in [1.82, 2.24) is 14.9 Å². The third-order valence-corrected chi connectivity index (χ3v) is 4.81. The third kappa shape index (κ3) is 4.43. The molecule has 0 aliphatic carbocycles. The molecule has 0 radical (unpaired) electrons. The van der Waals surface area contributed by atoms with Crippen molar-refractivity contribution in [1.29, 1.82) is 0 Å². The molecular weight excluding hydrogens is 310 g/mol. The molecule has 1 heterocycles. The summed E-state index contributed by atoms with van der Waals surface area (Å²) in [5, 5.41) is 0.673. The minimum atomic E-state index is -2.90. The molecule has 1 atom stereocenters. The van der Waals surface area contributed by atoms with E-state index in [1.165, 1.54) is 6.26 Å². The van der Waals surface area contributed by atoms with Gasteiger partial charge in [-0.1, -0.05) is 11.6 Å². The zero-order valence-electron chi connectivity index (χ0n) is 12.4. The summed E-state index contributed by atoms with van der Waals surface area (Å²) in [7, 11) is -0.935. The summed E-state index contributed by atoms with van der Waals surface area (Å²) in [4.78, 5) is 9.91. The van der Waals surface area contributed by atoms with Crippen molar-refractivity contribution in [2.45, 2.75) is 19.4 Å². The Labute approximate surface area is 130 Å². The highest BCUT2D eigenvalue weighted by Gasteiger charge is 2.16. The highest BCUT2D eigenvalue weighted by Crippen LogP contribution is 2.22. The van der Waals surface area contributed by atoms with Crippen LogP contribution in [0.5, 0.6) is 0 Å². The maximum atomic E-state index is 11.2. The van der Waals surface area contributed by atoms with Crippen LogP contribution < -0.4 is 0 Å². The zero-order valence-corrected chi connectivity index (χ0v) is 14.0. The van der Waals surface area contributed by atoms with Gasteiger partial charge in [0.15, 0.2) is 0 Å². The molecule has 1 N–H and O–H groups in total. The summed E-state index contributed by atoms with van der Waals surface area (Å²) in [6, 6.07) is 5.63. The van der Waals surface area contributed by atoms with E-state index in [0.717, 1.165) is 16.9 Å². The van der Waals surface area contributed by atoms with Gasteiger partial charge in [0.25, 0.3) is 0 Å². The molecule has 21 heavy (non-hydrogen) atoms. The number of hydrogen-bond donors (Lipinski definition) is 1. The van der Waals surface area contributed by atoms with E-state index in [2.05, 4.69) is 14.9 Å². The standard InChI is InChI=1S/C14H20ClN3O2S/c1-10(18(2)7-4-8-21(3,19)20)14-16-12-6-5-11(15)9-13(12)17-14/h5-6,9-10H,4,7-8H2,1-3H3,(H,16,17)/t10-/m1/s1. The van der Waals surface area contributed by atoms with Crippen LogP contribution in [0.25, 0.3) is 11.0 Å². The highest BCUT2D eigenvalue weighted by atomic mass is 35.5. The van der Waals surface area contributed by atoms with Gasteiger partial charge in [-0.2, -0.15) is 0 Å². The highest BCUT2D eigenvalue weighted by molar-refractivity contribution is 7.90. The van der Waals surface area contributed by atoms with E-state index in [9.17, 15) is 8.42 Å². The first-order valence-electron chi connectivity index (χ1n) is 6.79. The molecule has 2 aromatic rings. The number of aromatic amines is 1. The number of benzene rings is 1. The predicted octanol–water partition coefficient (Wildman–Crippen LogP) is 2.64. The summed E-state index contributed by atoms with van der Waals surface area (Å²) >= 11 is 5.97. The molecule has 0 unspecified atom stereocenters. The maximum absolute atomic E-state index is 11.2. The Morgan fingerprint density at radius 2 is 2.14 bits per heavy atom. The van der Waals surface area contributed by atoms with Crippen molar-refractivity contribution in [3.05, 3.63) is 29.0 Å². The first-order valence-corrected chi connectivity index (χ1v) is 9.23. The van der Waals surface area contributed by atoms with Gasteiger partial charge < -0.3 is 4.98 Å². The van der Waals surface area contributed by atoms with E-state index < -0.39 is 9.84 Å². The molecule has 0 spiro atoms. The number of nitrogens with zero attached hydrogens (tertiary/aromatic N) is 2. The van der Waals surface area contributed by atoms with Gasteiger partial charge >= 0.3 is 0 Å². The van der Waals surface area contributed by atoms with Crippen LogP contribution >= 0.6 is 11.6 Å². The molecule has 0 aliphatic heterocycles. The van der Waals surface area contributed by atoms with Crippen LogP contribution in [0.2, 0.25) is 5.02 Å². The summed E-state index contributed by atoms with van der Waals surface area (Å²) < 4.78 is 22.3. The van der Waals surface area contributed by atoms with Gasteiger partial charge in [-0.3, -0.25) is 4.90 Å². The summed E-state index contributed by atoms with van der Waals surface area (Å²) in [6.45, 7) is 2.74. The van der Waals surface area contributed by atoms with Crippen molar-refractivity contribution in [2.75, 3.05) is 25.6 Å². The molecule has 1 aromatic heterocycles. The quantitative estimate of drug-likeness (QED) is 0.884. The molecule has 1 aromatic carbocycles. The largest absolute Gasteiger partial charge is 0.341 e. The van der Waals surface area contributed by atoms with Crippen molar-refractivity contribution in [2.24, 2.45) is 0 Å². The monoisotopic (exact) mass is 329 g/mol. The van der Waals surface area contributed by atoms with Crippen LogP contribution in [-0.4, -0.2) is 48.9 Å². The molecule has 0 aliphatic rings.